The van der Waals surface area contributed by atoms with Crippen LogP contribution >= 0.6 is 28.7 Å². The lowest BCUT2D eigenvalue weighted by Crippen LogP contribution is -2.19. The number of nitrogens with one attached hydrogen (secondary N) is 1. The van der Waals surface area contributed by atoms with E-state index in [1.54, 1.807) is 26.0 Å². The number of halogens is 2. The van der Waals surface area contributed by atoms with Crippen LogP contribution in [0.25, 0.3) is 0 Å². The molecule has 0 bridgehead atoms. The summed E-state index contributed by atoms with van der Waals surface area (Å²) in [6, 6.07) is 2.79. The molecule has 1 unspecified atom stereocenters. The lowest BCUT2D eigenvalue weighted by atomic mass is 10.0. The number of carbonyl (C=O) groups excluding carboxylic acids is 1. The van der Waals surface area contributed by atoms with Crippen molar-refractivity contribution in [3.8, 4) is 0 Å². The summed E-state index contributed by atoms with van der Waals surface area (Å²) in [6.07, 6.45) is 0.0319. The highest BCUT2D eigenvalue weighted by atomic mass is 79.9. The maximum absolute atomic E-state index is 14.0. The van der Waals surface area contributed by atoms with E-state index in [1.807, 2.05) is 0 Å². The van der Waals surface area contributed by atoms with Crippen LogP contribution in [-0.4, -0.2) is 12.6 Å². The molecular formula is C16H25BrFNO2S. The first-order valence-corrected chi connectivity index (χ1v) is 8.47. The minimum absolute atomic E-state index is 0.0319. The average Bonchev–Trinajstić information content (AvgIpc) is 2.40. The molecule has 0 radical (unpaired) electrons. The van der Waals surface area contributed by atoms with Crippen LogP contribution in [0.5, 0.6) is 0 Å². The Hall–Kier alpha value is -0.590. The van der Waals surface area contributed by atoms with Crippen molar-refractivity contribution in [1.82, 2.24) is 4.72 Å². The van der Waals surface area contributed by atoms with Crippen molar-refractivity contribution in [2.45, 2.75) is 47.1 Å². The van der Waals surface area contributed by atoms with E-state index in [2.05, 4.69) is 54.2 Å². The van der Waals surface area contributed by atoms with Gasteiger partial charge in [-0.1, -0.05) is 49.5 Å². The first kappa shape index (κ1) is 21.4. The van der Waals surface area contributed by atoms with Gasteiger partial charge in [-0.15, -0.1) is 0 Å². The number of carbonyl (C=O) groups is 1. The van der Waals surface area contributed by atoms with E-state index >= 15 is 0 Å². The van der Waals surface area contributed by atoms with E-state index in [1.165, 1.54) is 0 Å². The zero-order valence-electron chi connectivity index (χ0n) is 13.7. The molecule has 1 aromatic rings. The van der Waals surface area contributed by atoms with Gasteiger partial charge in [0.15, 0.2) is 0 Å². The van der Waals surface area contributed by atoms with Crippen LogP contribution in [0, 0.1) is 18.7 Å². The Labute approximate surface area is 146 Å². The Balaban J connectivity index is 0.000000980. The molecule has 3 nitrogen and oxygen atoms in total. The van der Waals surface area contributed by atoms with Crippen molar-refractivity contribution in [3.63, 3.8) is 0 Å². The molecule has 0 aliphatic heterocycles. The van der Waals surface area contributed by atoms with Gasteiger partial charge in [0.1, 0.15) is 5.82 Å². The number of hydrogen-bond donors (Lipinski definition) is 2. The smallest absolute Gasteiger partial charge is 0.307 e. The van der Waals surface area contributed by atoms with Gasteiger partial charge in [-0.3, -0.25) is 9.52 Å². The molecule has 1 atom stereocenters. The van der Waals surface area contributed by atoms with E-state index < -0.39 is 6.04 Å². The van der Waals surface area contributed by atoms with E-state index in [4.69, 9.17) is 4.74 Å². The zero-order chi connectivity index (χ0) is 17.3. The molecule has 0 spiro atoms. The third kappa shape index (κ3) is 8.15. The maximum Gasteiger partial charge on any atom is 0.307 e. The summed E-state index contributed by atoms with van der Waals surface area (Å²) in [6.45, 7) is 10.2. The average molecular weight is 394 g/mol. The topological polar surface area (TPSA) is 38.3 Å². The number of benzene rings is 1. The van der Waals surface area contributed by atoms with Gasteiger partial charge in [-0.2, -0.15) is 0 Å². The first-order chi connectivity index (χ1) is 10.2. The SMILES string of the molecule is CC(C)C.CCOC(=O)CC(NS)c1cc(Br)cc(C)c1F. The molecule has 0 saturated carbocycles. The highest BCUT2D eigenvalue weighted by molar-refractivity contribution is 9.10. The van der Waals surface area contributed by atoms with E-state index in [0.717, 1.165) is 10.4 Å². The molecule has 0 amide bonds. The standard InChI is InChI=1S/C12H15BrFNO2S.C4H10/c1-3-17-11(16)6-10(15-18)9-5-8(13)4-7(2)12(9)14;1-4(2)3/h4-5,10,15,18H,3,6H2,1-2H3;4H,1-3H3. The fourth-order valence-electron chi connectivity index (χ4n) is 1.62. The van der Waals surface area contributed by atoms with Gasteiger partial charge in [0.2, 0.25) is 0 Å². The lowest BCUT2D eigenvalue weighted by Gasteiger charge is -2.17. The zero-order valence-corrected chi connectivity index (χ0v) is 16.2. The van der Waals surface area contributed by atoms with Gasteiger partial charge in [0, 0.05) is 10.0 Å². The predicted molar refractivity (Wildman–Crippen MR) is 95.5 cm³/mol. The van der Waals surface area contributed by atoms with Crippen molar-refractivity contribution in [2.75, 3.05) is 6.61 Å². The minimum Gasteiger partial charge on any atom is -0.466 e. The monoisotopic (exact) mass is 393 g/mol. The van der Waals surface area contributed by atoms with Crippen LogP contribution in [0.2, 0.25) is 0 Å². The van der Waals surface area contributed by atoms with Crippen LogP contribution < -0.4 is 4.72 Å². The molecule has 0 saturated heterocycles. The summed E-state index contributed by atoms with van der Waals surface area (Å²) >= 11 is 7.25. The first-order valence-electron chi connectivity index (χ1n) is 7.23. The third-order valence-electron chi connectivity index (χ3n) is 2.45. The van der Waals surface area contributed by atoms with Crippen molar-refractivity contribution in [1.29, 1.82) is 0 Å². The highest BCUT2D eigenvalue weighted by Crippen LogP contribution is 2.27. The highest BCUT2D eigenvalue weighted by Gasteiger charge is 2.20. The number of thiol groups is 1. The molecule has 1 rings (SSSR count). The fraction of sp³-hybridized carbons (Fsp3) is 0.562. The van der Waals surface area contributed by atoms with E-state index in [-0.39, 0.29) is 18.2 Å². The number of esters is 1. The van der Waals surface area contributed by atoms with Crippen LogP contribution in [0.3, 0.4) is 0 Å². The van der Waals surface area contributed by atoms with Gasteiger partial charge in [-0.25, -0.2) is 4.39 Å². The van der Waals surface area contributed by atoms with Gasteiger partial charge in [-0.05, 0) is 37.5 Å². The van der Waals surface area contributed by atoms with Gasteiger partial charge >= 0.3 is 5.97 Å². The van der Waals surface area contributed by atoms with Crippen LogP contribution in [0.4, 0.5) is 4.39 Å². The lowest BCUT2D eigenvalue weighted by molar-refractivity contribution is -0.143. The molecule has 0 aromatic heterocycles. The van der Waals surface area contributed by atoms with Gasteiger partial charge < -0.3 is 4.74 Å². The predicted octanol–water partition coefficient (Wildman–Crippen LogP) is 4.99. The Bertz CT molecular complexity index is 481. The summed E-state index contributed by atoms with van der Waals surface area (Å²) in [5, 5.41) is 0. The summed E-state index contributed by atoms with van der Waals surface area (Å²) in [5.74, 6) is 0.107. The number of aryl methyl sites for hydroxylation is 1. The van der Waals surface area contributed by atoms with E-state index in [0.29, 0.717) is 17.7 Å². The third-order valence-corrected chi connectivity index (χ3v) is 3.22. The molecule has 0 heterocycles. The molecule has 22 heavy (non-hydrogen) atoms. The molecule has 126 valence electrons. The summed E-state index contributed by atoms with van der Waals surface area (Å²) < 4.78 is 22.3. The molecule has 0 aliphatic rings. The van der Waals surface area contributed by atoms with Crippen molar-refractivity contribution >= 4 is 34.7 Å². The molecule has 1 aromatic carbocycles. The molecule has 0 aliphatic carbocycles. The molecule has 0 fully saturated rings. The second kappa shape index (κ2) is 11.0. The number of rotatable bonds is 5. The second-order valence-corrected chi connectivity index (χ2v) is 6.72. The van der Waals surface area contributed by atoms with Crippen LogP contribution in [0.1, 0.15) is 51.3 Å². The van der Waals surface area contributed by atoms with Crippen molar-refractivity contribution < 1.29 is 13.9 Å². The Morgan fingerprint density at radius 2 is 1.95 bits per heavy atom. The molecule has 6 heteroatoms. The van der Waals surface area contributed by atoms with Gasteiger partial charge in [0.05, 0.1) is 19.1 Å². The quantitative estimate of drug-likeness (QED) is 0.546. The maximum atomic E-state index is 14.0. The Kier molecular flexibility index (Phi) is 10.7. The minimum atomic E-state index is -0.524. The largest absolute Gasteiger partial charge is 0.466 e. The van der Waals surface area contributed by atoms with Crippen molar-refractivity contribution in [2.24, 2.45) is 5.92 Å². The summed E-state index contributed by atoms with van der Waals surface area (Å²) in [4.78, 5) is 11.4. The van der Waals surface area contributed by atoms with Crippen molar-refractivity contribution in [3.05, 3.63) is 33.5 Å². The molecular weight excluding hydrogens is 369 g/mol. The number of hydrogen-bond acceptors (Lipinski definition) is 4. The fourth-order valence-corrected chi connectivity index (χ4v) is 2.44. The second-order valence-electron chi connectivity index (χ2n) is 5.55. The summed E-state index contributed by atoms with van der Waals surface area (Å²) in [5.41, 5.74) is 0.904. The Morgan fingerprint density at radius 1 is 1.41 bits per heavy atom. The number of ether oxygens (including phenoxy) is 1. The van der Waals surface area contributed by atoms with Crippen LogP contribution in [-0.2, 0) is 9.53 Å². The van der Waals surface area contributed by atoms with E-state index in [9.17, 15) is 9.18 Å². The van der Waals surface area contributed by atoms with Crippen LogP contribution in [0.15, 0.2) is 16.6 Å². The summed E-state index contributed by atoms with van der Waals surface area (Å²) in [7, 11) is 0. The van der Waals surface area contributed by atoms with Gasteiger partial charge in [0.25, 0.3) is 0 Å². The normalized spacial score (nSPS) is 11.7. The Morgan fingerprint density at radius 3 is 2.41 bits per heavy atom. The molecule has 1 N–H and O–H groups in total.